The zero-order chi connectivity index (χ0) is 12.5. The highest BCUT2D eigenvalue weighted by molar-refractivity contribution is 9.10. The summed E-state index contributed by atoms with van der Waals surface area (Å²) in [7, 11) is 0. The van der Waals surface area contributed by atoms with Gasteiger partial charge in [-0.3, -0.25) is 0 Å². The van der Waals surface area contributed by atoms with Crippen LogP contribution < -0.4 is 5.73 Å². The molecule has 0 spiro atoms. The lowest BCUT2D eigenvalue weighted by atomic mass is 10.0. The van der Waals surface area contributed by atoms with Crippen LogP contribution in [0.25, 0.3) is 10.8 Å². The molecule has 18 heavy (non-hydrogen) atoms. The molecule has 90 valence electrons. The first kappa shape index (κ1) is 11.7. The first-order valence-electron chi connectivity index (χ1n) is 5.60. The number of rotatable bonds is 2. The van der Waals surface area contributed by atoms with Crippen molar-refractivity contribution >= 4 is 43.2 Å². The fourth-order valence-electron chi connectivity index (χ4n) is 2.07. The number of aromatic nitrogens is 1. The molecule has 0 unspecified atom stereocenters. The van der Waals surface area contributed by atoms with Gasteiger partial charge in [-0.1, -0.05) is 46.3 Å². The molecule has 3 rings (SSSR count). The van der Waals surface area contributed by atoms with Gasteiger partial charge in [-0.05, 0) is 22.4 Å². The summed E-state index contributed by atoms with van der Waals surface area (Å²) in [4.78, 5) is 5.29. The van der Waals surface area contributed by atoms with Crippen molar-refractivity contribution in [3.8, 4) is 0 Å². The van der Waals surface area contributed by atoms with E-state index in [0.717, 1.165) is 10.9 Å². The number of anilines is 1. The van der Waals surface area contributed by atoms with Gasteiger partial charge in [-0.15, -0.1) is 11.3 Å². The third-order valence-electron chi connectivity index (χ3n) is 2.90. The third-order valence-corrected chi connectivity index (χ3v) is 4.42. The molecule has 0 bridgehead atoms. The fraction of sp³-hybridized carbons (Fsp3) is 0.0714. The van der Waals surface area contributed by atoms with Crippen molar-refractivity contribution in [2.75, 3.05) is 5.73 Å². The number of thiazole rings is 1. The molecule has 2 aromatic carbocycles. The van der Waals surface area contributed by atoms with E-state index in [1.807, 2.05) is 6.20 Å². The summed E-state index contributed by atoms with van der Waals surface area (Å²) in [6, 6.07) is 12.7. The Morgan fingerprint density at radius 3 is 2.61 bits per heavy atom. The summed E-state index contributed by atoms with van der Waals surface area (Å²) in [5.74, 6) is 0. The van der Waals surface area contributed by atoms with Gasteiger partial charge in [-0.2, -0.15) is 0 Å². The van der Waals surface area contributed by atoms with E-state index in [1.54, 1.807) is 11.3 Å². The van der Waals surface area contributed by atoms with Crippen molar-refractivity contribution in [1.29, 1.82) is 0 Å². The zero-order valence-corrected chi connectivity index (χ0v) is 12.0. The van der Waals surface area contributed by atoms with Crippen LogP contribution in [0.2, 0.25) is 0 Å². The number of halogens is 1. The van der Waals surface area contributed by atoms with E-state index in [-0.39, 0.29) is 0 Å². The molecule has 4 heteroatoms. The van der Waals surface area contributed by atoms with Crippen LogP contribution in [0.1, 0.15) is 10.4 Å². The molecule has 1 heterocycles. The maximum atomic E-state index is 5.67. The molecule has 0 aliphatic heterocycles. The van der Waals surface area contributed by atoms with Crippen LogP contribution >= 0.6 is 27.3 Å². The topological polar surface area (TPSA) is 38.9 Å². The lowest BCUT2D eigenvalue weighted by Crippen LogP contribution is -1.88. The Morgan fingerprint density at radius 2 is 1.89 bits per heavy atom. The van der Waals surface area contributed by atoms with Gasteiger partial charge in [0, 0.05) is 22.0 Å². The van der Waals surface area contributed by atoms with E-state index in [0.29, 0.717) is 5.13 Å². The first-order valence-corrected chi connectivity index (χ1v) is 7.21. The van der Waals surface area contributed by atoms with Crippen molar-refractivity contribution in [2.24, 2.45) is 0 Å². The SMILES string of the molecule is Nc1ncc(Cc2ccc(Br)c3ccccc23)s1. The standard InChI is InChI=1S/C14H11BrN2S/c15-13-6-5-9(7-10-8-17-14(16)18-10)11-3-1-2-4-12(11)13/h1-6,8H,7H2,(H2,16,17). The summed E-state index contributed by atoms with van der Waals surface area (Å²) < 4.78 is 1.13. The number of benzene rings is 2. The molecule has 2 N–H and O–H groups in total. The monoisotopic (exact) mass is 318 g/mol. The minimum absolute atomic E-state index is 0.631. The van der Waals surface area contributed by atoms with Crippen LogP contribution in [0.3, 0.4) is 0 Å². The summed E-state index contributed by atoms with van der Waals surface area (Å²) in [5, 5.41) is 3.15. The van der Waals surface area contributed by atoms with Crippen LogP contribution in [0.15, 0.2) is 47.1 Å². The Kier molecular flexibility index (Phi) is 3.06. The van der Waals surface area contributed by atoms with Gasteiger partial charge in [0.15, 0.2) is 5.13 Å². The van der Waals surface area contributed by atoms with Crippen molar-refractivity contribution in [3.63, 3.8) is 0 Å². The molecule has 1 aromatic heterocycles. The average molecular weight is 319 g/mol. The smallest absolute Gasteiger partial charge is 0.180 e. The number of nitrogens with two attached hydrogens (primary N) is 1. The van der Waals surface area contributed by atoms with Crippen molar-refractivity contribution < 1.29 is 0 Å². The van der Waals surface area contributed by atoms with Crippen LogP contribution in [-0.2, 0) is 6.42 Å². The maximum absolute atomic E-state index is 5.67. The largest absolute Gasteiger partial charge is 0.375 e. The van der Waals surface area contributed by atoms with Gasteiger partial charge in [0.1, 0.15) is 0 Å². The minimum Gasteiger partial charge on any atom is -0.375 e. The fourth-order valence-corrected chi connectivity index (χ4v) is 3.26. The highest BCUT2D eigenvalue weighted by Gasteiger charge is 2.06. The Morgan fingerprint density at radius 1 is 1.11 bits per heavy atom. The van der Waals surface area contributed by atoms with Crippen molar-refractivity contribution in [2.45, 2.75) is 6.42 Å². The van der Waals surface area contributed by atoms with Gasteiger partial charge in [0.25, 0.3) is 0 Å². The molecule has 0 saturated heterocycles. The molecule has 2 nitrogen and oxygen atoms in total. The molecule has 3 aromatic rings. The zero-order valence-electron chi connectivity index (χ0n) is 9.56. The summed E-state index contributed by atoms with van der Waals surface area (Å²) in [6.07, 6.45) is 2.74. The molecular formula is C14H11BrN2S. The predicted molar refractivity (Wildman–Crippen MR) is 81.0 cm³/mol. The van der Waals surface area contributed by atoms with Crippen LogP contribution in [0.5, 0.6) is 0 Å². The Labute approximate surface area is 118 Å². The predicted octanol–water partition coefficient (Wildman–Crippen LogP) is 4.23. The lowest BCUT2D eigenvalue weighted by Gasteiger charge is -2.06. The van der Waals surface area contributed by atoms with Gasteiger partial charge in [-0.25, -0.2) is 4.98 Å². The highest BCUT2D eigenvalue weighted by Crippen LogP contribution is 2.29. The molecule has 0 amide bonds. The van der Waals surface area contributed by atoms with E-state index >= 15 is 0 Å². The molecule has 0 saturated carbocycles. The molecular weight excluding hydrogens is 308 g/mol. The minimum atomic E-state index is 0.631. The molecule has 0 atom stereocenters. The average Bonchev–Trinajstić information content (AvgIpc) is 2.79. The number of nitrogen functional groups attached to an aromatic ring is 1. The second-order valence-corrected chi connectivity index (χ2v) is 6.09. The van der Waals surface area contributed by atoms with Crippen LogP contribution in [0.4, 0.5) is 5.13 Å². The van der Waals surface area contributed by atoms with Gasteiger partial charge < -0.3 is 5.73 Å². The van der Waals surface area contributed by atoms with Crippen LogP contribution in [-0.4, -0.2) is 4.98 Å². The second-order valence-electron chi connectivity index (χ2n) is 4.09. The number of nitrogens with zero attached hydrogens (tertiary/aromatic N) is 1. The molecule has 0 fully saturated rings. The maximum Gasteiger partial charge on any atom is 0.180 e. The van der Waals surface area contributed by atoms with Gasteiger partial charge in [0.2, 0.25) is 0 Å². The van der Waals surface area contributed by atoms with E-state index in [1.165, 1.54) is 21.2 Å². The van der Waals surface area contributed by atoms with Crippen molar-refractivity contribution in [1.82, 2.24) is 4.98 Å². The second kappa shape index (κ2) is 4.71. The third kappa shape index (κ3) is 2.13. The summed E-state index contributed by atoms with van der Waals surface area (Å²) in [6.45, 7) is 0. The Hall–Kier alpha value is -1.39. The first-order chi connectivity index (χ1) is 8.74. The lowest BCUT2D eigenvalue weighted by molar-refractivity contribution is 1.24. The highest BCUT2D eigenvalue weighted by atomic mass is 79.9. The van der Waals surface area contributed by atoms with Crippen molar-refractivity contribution in [3.05, 3.63) is 57.5 Å². The van der Waals surface area contributed by atoms with E-state index in [2.05, 4.69) is 57.3 Å². The number of fused-ring (bicyclic) bond motifs is 1. The van der Waals surface area contributed by atoms with Crippen LogP contribution in [0, 0.1) is 0 Å². The van der Waals surface area contributed by atoms with E-state index in [9.17, 15) is 0 Å². The molecule has 0 aliphatic rings. The number of hydrogen-bond acceptors (Lipinski definition) is 3. The molecule has 0 aliphatic carbocycles. The summed E-state index contributed by atoms with van der Waals surface area (Å²) >= 11 is 5.14. The Balaban J connectivity index is 2.09. The quantitative estimate of drug-likeness (QED) is 0.767. The molecule has 0 radical (unpaired) electrons. The van der Waals surface area contributed by atoms with Gasteiger partial charge in [0.05, 0.1) is 0 Å². The van der Waals surface area contributed by atoms with Gasteiger partial charge >= 0.3 is 0 Å². The Bertz CT molecular complexity index is 706. The summed E-state index contributed by atoms with van der Waals surface area (Å²) in [5.41, 5.74) is 6.97. The van der Waals surface area contributed by atoms with E-state index < -0.39 is 0 Å². The number of hydrogen-bond donors (Lipinski definition) is 1. The van der Waals surface area contributed by atoms with E-state index in [4.69, 9.17) is 5.73 Å². The normalized spacial score (nSPS) is 10.9.